The van der Waals surface area contributed by atoms with Gasteiger partial charge in [-0.05, 0) is 43.2 Å². The minimum atomic E-state index is -0.746. The van der Waals surface area contributed by atoms with E-state index < -0.39 is 11.4 Å². The molecule has 0 spiro atoms. The van der Waals surface area contributed by atoms with Gasteiger partial charge in [-0.25, -0.2) is 13.8 Å². The Kier molecular flexibility index (Phi) is 4.41. The van der Waals surface area contributed by atoms with Crippen molar-refractivity contribution in [3.63, 3.8) is 0 Å². The molecule has 0 radical (unpaired) electrons. The van der Waals surface area contributed by atoms with Gasteiger partial charge in [0.25, 0.3) is 5.56 Å². The second kappa shape index (κ2) is 6.86. The lowest BCUT2D eigenvalue weighted by atomic mass is 9.95. The Hall–Kier alpha value is -2.76. The first kappa shape index (κ1) is 16.7. The normalized spacial score (nSPS) is 15.3. The van der Waals surface area contributed by atoms with Crippen LogP contribution in [0.5, 0.6) is 0 Å². The number of nitrogens with zero attached hydrogens (tertiary/aromatic N) is 2. The van der Waals surface area contributed by atoms with E-state index in [1.165, 1.54) is 18.2 Å². The van der Waals surface area contributed by atoms with E-state index in [-0.39, 0.29) is 11.9 Å². The molecule has 1 aromatic carbocycles. The Morgan fingerprint density at radius 1 is 1.04 bits per heavy atom. The molecule has 0 bridgehead atoms. The van der Waals surface area contributed by atoms with E-state index in [0.717, 1.165) is 32.1 Å². The maximum atomic E-state index is 14.1. The topological polar surface area (TPSA) is 46.9 Å². The van der Waals surface area contributed by atoms with Crippen molar-refractivity contribution >= 4 is 22.4 Å². The summed E-state index contributed by atoms with van der Waals surface area (Å²) in [5.41, 5.74) is 0.776. The molecule has 4 nitrogen and oxygen atoms in total. The fraction of sp³-hybridized carbons (Fsp3) is 0.300. The molecule has 1 aliphatic carbocycles. The summed E-state index contributed by atoms with van der Waals surface area (Å²) in [6.45, 7) is 0. The van der Waals surface area contributed by atoms with Crippen molar-refractivity contribution in [2.45, 2.75) is 38.1 Å². The van der Waals surface area contributed by atoms with Crippen LogP contribution in [-0.2, 0) is 0 Å². The third-order valence-corrected chi connectivity index (χ3v) is 4.93. The Morgan fingerprint density at radius 3 is 2.50 bits per heavy atom. The number of hydrogen-bond acceptors (Lipinski definition) is 3. The highest BCUT2D eigenvalue weighted by Gasteiger charge is 2.20. The molecule has 0 saturated heterocycles. The van der Waals surface area contributed by atoms with Gasteiger partial charge in [0.05, 0.1) is 5.52 Å². The maximum absolute atomic E-state index is 14.1. The van der Waals surface area contributed by atoms with Gasteiger partial charge < -0.3 is 9.88 Å². The van der Waals surface area contributed by atoms with Crippen molar-refractivity contribution in [1.29, 1.82) is 0 Å². The quantitative estimate of drug-likeness (QED) is 0.725. The Morgan fingerprint density at radius 2 is 1.77 bits per heavy atom. The number of fused-ring (bicyclic) bond motifs is 1. The molecule has 2 aromatic heterocycles. The second-order valence-electron chi connectivity index (χ2n) is 6.72. The lowest BCUT2D eigenvalue weighted by Crippen LogP contribution is -2.28. The standard InChI is InChI=1S/C20H19F2N3O/c21-14-6-8-15(9-7-14)24-19-11-18-13(12-23-19)10-17(22)20(26)25(18)16-4-2-1-3-5-16/h6-12,16H,1-5H2,(H,23,24). The molecule has 3 aromatic rings. The summed E-state index contributed by atoms with van der Waals surface area (Å²) < 4.78 is 28.8. The number of hydrogen-bond donors (Lipinski definition) is 1. The average Bonchev–Trinajstić information content (AvgIpc) is 2.66. The lowest BCUT2D eigenvalue weighted by molar-refractivity contribution is 0.349. The van der Waals surface area contributed by atoms with Crippen LogP contribution < -0.4 is 10.9 Å². The van der Waals surface area contributed by atoms with Gasteiger partial charge in [0.1, 0.15) is 11.6 Å². The van der Waals surface area contributed by atoms with Crippen molar-refractivity contribution in [2.75, 3.05) is 5.32 Å². The van der Waals surface area contributed by atoms with E-state index in [1.807, 2.05) is 0 Å². The van der Waals surface area contributed by atoms with E-state index in [2.05, 4.69) is 10.3 Å². The Balaban J connectivity index is 1.79. The van der Waals surface area contributed by atoms with Crippen molar-refractivity contribution in [3.8, 4) is 0 Å². The molecular weight excluding hydrogens is 336 g/mol. The number of halogens is 2. The van der Waals surface area contributed by atoms with Gasteiger partial charge in [0.2, 0.25) is 0 Å². The van der Waals surface area contributed by atoms with Gasteiger partial charge in [0, 0.05) is 29.4 Å². The van der Waals surface area contributed by atoms with Crippen LogP contribution in [0.3, 0.4) is 0 Å². The van der Waals surface area contributed by atoms with Crippen molar-refractivity contribution in [3.05, 3.63) is 64.6 Å². The van der Waals surface area contributed by atoms with Gasteiger partial charge in [-0.1, -0.05) is 19.3 Å². The summed E-state index contributed by atoms with van der Waals surface area (Å²) in [5, 5.41) is 3.70. The number of nitrogens with one attached hydrogen (secondary N) is 1. The zero-order chi connectivity index (χ0) is 18.1. The van der Waals surface area contributed by atoms with Crippen molar-refractivity contribution in [1.82, 2.24) is 9.55 Å². The van der Waals surface area contributed by atoms with Crippen LogP contribution in [0.4, 0.5) is 20.3 Å². The highest BCUT2D eigenvalue weighted by atomic mass is 19.1. The zero-order valence-electron chi connectivity index (χ0n) is 14.2. The van der Waals surface area contributed by atoms with Gasteiger partial charge >= 0.3 is 0 Å². The molecule has 6 heteroatoms. The first-order valence-electron chi connectivity index (χ1n) is 8.85. The summed E-state index contributed by atoms with van der Waals surface area (Å²) >= 11 is 0. The van der Waals surface area contributed by atoms with Gasteiger partial charge in [-0.15, -0.1) is 0 Å². The molecule has 26 heavy (non-hydrogen) atoms. The number of rotatable bonds is 3. The van der Waals surface area contributed by atoms with Crippen LogP contribution in [0.2, 0.25) is 0 Å². The smallest absolute Gasteiger partial charge is 0.287 e. The minimum Gasteiger partial charge on any atom is -0.340 e. The van der Waals surface area contributed by atoms with Crippen LogP contribution >= 0.6 is 0 Å². The Labute approximate surface area is 149 Å². The van der Waals surface area contributed by atoms with Crippen molar-refractivity contribution < 1.29 is 8.78 Å². The largest absolute Gasteiger partial charge is 0.340 e. The van der Waals surface area contributed by atoms with Crippen LogP contribution in [-0.4, -0.2) is 9.55 Å². The summed E-state index contributed by atoms with van der Waals surface area (Å²) in [4.78, 5) is 16.8. The molecule has 1 aliphatic rings. The molecule has 1 saturated carbocycles. The predicted octanol–water partition coefficient (Wildman–Crippen LogP) is 4.92. The third-order valence-electron chi connectivity index (χ3n) is 4.93. The lowest BCUT2D eigenvalue weighted by Gasteiger charge is -2.25. The highest BCUT2D eigenvalue weighted by molar-refractivity contribution is 5.81. The first-order chi connectivity index (χ1) is 12.6. The van der Waals surface area contributed by atoms with Gasteiger partial charge in [0.15, 0.2) is 5.82 Å². The maximum Gasteiger partial charge on any atom is 0.287 e. The predicted molar refractivity (Wildman–Crippen MR) is 97.8 cm³/mol. The monoisotopic (exact) mass is 355 g/mol. The van der Waals surface area contributed by atoms with Crippen LogP contribution in [0.15, 0.2) is 47.4 Å². The molecule has 1 fully saturated rings. The van der Waals surface area contributed by atoms with E-state index in [1.54, 1.807) is 29.0 Å². The SMILES string of the molecule is O=c1c(F)cc2cnc(Nc3ccc(F)cc3)cc2n1C1CCCCC1. The minimum absolute atomic E-state index is 0.00974. The van der Waals surface area contributed by atoms with Gasteiger partial charge in [-0.3, -0.25) is 4.79 Å². The average molecular weight is 355 g/mol. The molecular formula is C20H19F2N3O. The van der Waals surface area contributed by atoms with Gasteiger partial charge in [-0.2, -0.15) is 0 Å². The van der Waals surface area contributed by atoms with E-state index in [0.29, 0.717) is 22.4 Å². The van der Waals surface area contributed by atoms with E-state index in [9.17, 15) is 13.6 Å². The fourth-order valence-electron chi connectivity index (χ4n) is 3.65. The molecule has 2 heterocycles. The molecule has 4 rings (SSSR count). The van der Waals surface area contributed by atoms with E-state index >= 15 is 0 Å². The van der Waals surface area contributed by atoms with E-state index in [4.69, 9.17) is 0 Å². The summed E-state index contributed by atoms with van der Waals surface area (Å²) in [7, 11) is 0. The highest BCUT2D eigenvalue weighted by Crippen LogP contribution is 2.30. The number of benzene rings is 1. The third kappa shape index (κ3) is 3.19. The molecule has 0 amide bonds. The number of aromatic nitrogens is 2. The second-order valence-corrected chi connectivity index (χ2v) is 6.72. The zero-order valence-corrected chi connectivity index (χ0v) is 14.2. The summed E-state index contributed by atoms with van der Waals surface area (Å²) in [5.74, 6) is -0.535. The first-order valence-corrected chi connectivity index (χ1v) is 8.85. The molecule has 0 unspecified atom stereocenters. The summed E-state index contributed by atoms with van der Waals surface area (Å²) in [6, 6.07) is 8.95. The van der Waals surface area contributed by atoms with Crippen LogP contribution in [0.25, 0.3) is 10.9 Å². The molecule has 134 valence electrons. The fourth-order valence-corrected chi connectivity index (χ4v) is 3.65. The van der Waals surface area contributed by atoms with Crippen LogP contribution in [0, 0.1) is 11.6 Å². The number of anilines is 2. The Bertz CT molecular complexity index is 992. The molecule has 1 N–H and O–H groups in total. The summed E-state index contributed by atoms with van der Waals surface area (Å²) in [6.07, 6.45) is 6.55. The van der Waals surface area contributed by atoms with Crippen LogP contribution in [0.1, 0.15) is 38.1 Å². The molecule has 0 atom stereocenters. The number of pyridine rings is 2. The van der Waals surface area contributed by atoms with Crippen molar-refractivity contribution in [2.24, 2.45) is 0 Å². The molecule has 0 aliphatic heterocycles.